The summed E-state index contributed by atoms with van der Waals surface area (Å²) < 4.78 is 4.73. The molecule has 4 nitrogen and oxygen atoms in total. The van der Waals surface area contributed by atoms with Gasteiger partial charge in [0.1, 0.15) is 0 Å². The minimum atomic E-state index is -1.64. The standard InChI is InChI=1S/C7H8O4/c1-5(8)7(6(9)10)3-2-4-11-7/h2,4H,3H2,1H3,(H,9,10). The van der Waals surface area contributed by atoms with E-state index in [1.54, 1.807) is 0 Å². The summed E-state index contributed by atoms with van der Waals surface area (Å²) in [4.78, 5) is 21.4. The Kier molecular flexibility index (Phi) is 1.68. The van der Waals surface area contributed by atoms with E-state index in [1.165, 1.54) is 19.3 Å². The average molecular weight is 156 g/mol. The van der Waals surface area contributed by atoms with Crippen molar-refractivity contribution in [3.05, 3.63) is 12.3 Å². The van der Waals surface area contributed by atoms with Crippen molar-refractivity contribution in [2.24, 2.45) is 0 Å². The Morgan fingerprint density at radius 2 is 2.27 bits per heavy atom. The molecule has 0 saturated heterocycles. The Labute approximate surface area is 63.5 Å². The highest BCUT2D eigenvalue weighted by Crippen LogP contribution is 2.24. The molecule has 1 heterocycles. The summed E-state index contributed by atoms with van der Waals surface area (Å²) in [6.07, 6.45) is 2.89. The van der Waals surface area contributed by atoms with Crippen LogP contribution in [0.1, 0.15) is 13.3 Å². The number of ether oxygens (including phenoxy) is 1. The van der Waals surface area contributed by atoms with E-state index < -0.39 is 17.4 Å². The SMILES string of the molecule is CC(=O)C1(C(=O)O)CC=CO1. The summed E-state index contributed by atoms with van der Waals surface area (Å²) in [5.41, 5.74) is -1.64. The van der Waals surface area contributed by atoms with Crippen LogP contribution in [0.2, 0.25) is 0 Å². The molecule has 60 valence electrons. The number of carbonyl (C=O) groups excluding carboxylic acids is 1. The fraction of sp³-hybridized carbons (Fsp3) is 0.429. The quantitative estimate of drug-likeness (QED) is 0.585. The highest BCUT2D eigenvalue weighted by Gasteiger charge is 2.46. The highest BCUT2D eigenvalue weighted by molar-refractivity contribution is 6.06. The van der Waals surface area contributed by atoms with Crippen molar-refractivity contribution >= 4 is 11.8 Å². The van der Waals surface area contributed by atoms with E-state index in [2.05, 4.69) is 0 Å². The minimum absolute atomic E-state index is 0.123. The molecule has 0 bridgehead atoms. The lowest BCUT2D eigenvalue weighted by molar-refractivity contribution is -0.162. The van der Waals surface area contributed by atoms with Crippen LogP contribution in [0.15, 0.2) is 12.3 Å². The maximum absolute atomic E-state index is 10.9. The van der Waals surface area contributed by atoms with Crippen LogP contribution < -0.4 is 0 Å². The zero-order valence-electron chi connectivity index (χ0n) is 6.03. The van der Waals surface area contributed by atoms with Gasteiger partial charge in [-0.1, -0.05) is 0 Å². The first-order valence-corrected chi connectivity index (χ1v) is 3.17. The zero-order valence-corrected chi connectivity index (χ0v) is 6.03. The monoisotopic (exact) mass is 156 g/mol. The minimum Gasteiger partial charge on any atom is -0.478 e. The topological polar surface area (TPSA) is 63.6 Å². The van der Waals surface area contributed by atoms with Gasteiger partial charge < -0.3 is 9.84 Å². The van der Waals surface area contributed by atoms with Crippen LogP contribution in [0.5, 0.6) is 0 Å². The van der Waals surface area contributed by atoms with Crippen molar-refractivity contribution in [2.75, 3.05) is 0 Å². The Bertz CT molecular complexity index is 205. The highest BCUT2D eigenvalue weighted by atomic mass is 16.5. The molecule has 1 rings (SSSR count). The van der Waals surface area contributed by atoms with Crippen LogP contribution >= 0.6 is 0 Å². The van der Waals surface area contributed by atoms with Crippen LogP contribution in [0.3, 0.4) is 0 Å². The molecule has 1 unspecified atom stereocenters. The van der Waals surface area contributed by atoms with Gasteiger partial charge in [-0.3, -0.25) is 4.79 Å². The number of hydrogen-bond acceptors (Lipinski definition) is 3. The third kappa shape index (κ3) is 1.00. The lowest BCUT2D eigenvalue weighted by atomic mass is 9.97. The number of carboxylic acids is 1. The summed E-state index contributed by atoms with van der Waals surface area (Å²) in [5.74, 6) is -1.70. The van der Waals surface area contributed by atoms with Gasteiger partial charge in [0.25, 0.3) is 5.60 Å². The molecule has 0 saturated carbocycles. The number of aliphatic carboxylic acids is 1. The number of carbonyl (C=O) groups is 2. The van der Waals surface area contributed by atoms with E-state index in [-0.39, 0.29) is 6.42 Å². The first kappa shape index (κ1) is 7.78. The third-order valence-electron chi connectivity index (χ3n) is 1.68. The van der Waals surface area contributed by atoms with Crippen LogP contribution in [-0.4, -0.2) is 22.5 Å². The van der Waals surface area contributed by atoms with E-state index in [0.29, 0.717) is 0 Å². The maximum Gasteiger partial charge on any atom is 0.356 e. The second-order valence-electron chi connectivity index (χ2n) is 2.38. The molecule has 0 spiro atoms. The Morgan fingerprint density at radius 3 is 2.45 bits per heavy atom. The van der Waals surface area contributed by atoms with E-state index in [9.17, 15) is 9.59 Å². The Balaban J connectivity index is 2.90. The molecule has 0 aromatic heterocycles. The van der Waals surface area contributed by atoms with Crippen molar-refractivity contribution in [1.82, 2.24) is 0 Å². The van der Waals surface area contributed by atoms with E-state index in [4.69, 9.17) is 9.84 Å². The lowest BCUT2D eigenvalue weighted by Crippen LogP contribution is -2.44. The number of carboxylic acid groups (broad SMARTS) is 1. The predicted octanol–water partition coefficient (Wildman–Crippen LogP) is 0.333. The van der Waals surface area contributed by atoms with Gasteiger partial charge in [-0.2, -0.15) is 0 Å². The molecule has 1 atom stereocenters. The lowest BCUT2D eigenvalue weighted by Gasteiger charge is -2.19. The zero-order chi connectivity index (χ0) is 8.48. The van der Waals surface area contributed by atoms with E-state index >= 15 is 0 Å². The summed E-state index contributed by atoms with van der Waals surface area (Å²) in [6, 6.07) is 0. The summed E-state index contributed by atoms with van der Waals surface area (Å²) in [5, 5.41) is 8.65. The van der Waals surface area contributed by atoms with Gasteiger partial charge in [-0.25, -0.2) is 4.79 Å². The molecule has 0 aromatic carbocycles. The fourth-order valence-corrected chi connectivity index (χ4v) is 0.941. The summed E-state index contributed by atoms with van der Waals surface area (Å²) in [7, 11) is 0. The van der Waals surface area contributed by atoms with Crippen molar-refractivity contribution in [3.63, 3.8) is 0 Å². The first-order valence-electron chi connectivity index (χ1n) is 3.17. The molecule has 0 aromatic rings. The maximum atomic E-state index is 10.9. The molecule has 0 radical (unpaired) electrons. The van der Waals surface area contributed by atoms with Gasteiger partial charge in [0.15, 0.2) is 5.78 Å². The second kappa shape index (κ2) is 2.38. The van der Waals surface area contributed by atoms with Crippen LogP contribution in [0, 0.1) is 0 Å². The summed E-state index contributed by atoms with van der Waals surface area (Å²) >= 11 is 0. The molecule has 4 heteroatoms. The van der Waals surface area contributed by atoms with Gasteiger partial charge in [-0.05, 0) is 13.0 Å². The van der Waals surface area contributed by atoms with Crippen molar-refractivity contribution in [2.45, 2.75) is 18.9 Å². The van der Waals surface area contributed by atoms with E-state index in [1.807, 2.05) is 0 Å². The molecular weight excluding hydrogens is 148 g/mol. The molecule has 0 fully saturated rings. The van der Waals surface area contributed by atoms with Gasteiger partial charge in [0, 0.05) is 6.42 Å². The van der Waals surface area contributed by atoms with E-state index in [0.717, 1.165) is 0 Å². The van der Waals surface area contributed by atoms with Crippen LogP contribution in [-0.2, 0) is 14.3 Å². The fourth-order valence-electron chi connectivity index (χ4n) is 0.941. The smallest absolute Gasteiger partial charge is 0.356 e. The molecule has 0 amide bonds. The number of hydrogen-bond donors (Lipinski definition) is 1. The molecular formula is C7H8O4. The predicted molar refractivity (Wildman–Crippen MR) is 35.9 cm³/mol. The molecule has 0 aliphatic carbocycles. The third-order valence-corrected chi connectivity index (χ3v) is 1.68. The van der Waals surface area contributed by atoms with Crippen molar-refractivity contribution in [3.8, 4) is 0 Å². The van der Waals surface area contributed by atoms with Crippen LogP contribution in [0.25, 0.3) is 0 Å². The number of rotatable bonds is 2. The number of ketones is 1. The van der Waals surface area contributed by atoms with Crippen LogP contribution in [0.4, 0.5) is 0 Å². The Morgan fingerprint density at radius 1 is 1.64 bits per heavy atom. The molecule has 11 heavy (non-hydrogen) atoms. The summed E-state index contributed by atoms with van der Waals surface area (Å²) in [6.45, 7) is 1.21. The van der Waals surface area contributed by atoms with Crippen molar-refractivity contribution in [1.29, 1.82) is 0 Å². The second-order valence-corrected chi connectivity index (χ2v) is 2.38. The molecule has 1 aliphatic rings. The molecule has 1 N–H and O–H groups in total. The van der Waals surface area contributed by atoms with Gasteiger partial charge in [-0.15, -0.1) is 0 Å². The van der Waals surface area contributed by atoms with Gasteiger partial charge >= 0.3 is 5.97 Å². The molecule has 1 aliphatic heterocycles. The van der Waals surface area contributed by atoms with Crippen molar-refractivity contribution < 1.29 is 19.4 Å². The van der Waals surface area contributed by atoms with Gasteiger partial charge in [0.2, 0.25) is 0 Å². The Hall–Kier alpha value is -1.32. The normalized spacial score (nSPS) is 28.1. The largest absolute Gasteiger partial charge is 0.478 e. The average Bonchev–Trinajstić information content (AvgIpc) is 2.34. The number of Topliss-reactive ketones (excluding diaryl/α,β-unsaturated/α-hetero) is 1. The first-order chi connectivity index (χ1) is 5.09. The van der Waals surface area contributed by atoms with Gasteiger partial charge in [0.05, 0.1) is 6.26 Å².